The minimum Gasteiger partial charge on any atom is -1.00 e. The monoisotopic (exact) mass is 562 g/mol. The standard InChI is InChI=1S/C16H14P.C13H9.2ClH.Zr/c1-12-11-13-7-5-6-10-15(13)16(12)17-14-8-3-2-4-9-14;1-3-7-12-10(5-1)9-11-6-2-4-8-13(11)12;;;/h2-11,17H,1H3;1-5,7-8H,9H2;2*1H;/q;;;;+2/p-2. The normalized spacial score (nSPS) is 15.4. The first-order chi connectivity index (χ1) is 15.3. The fourth-order valence-electron chi connectivity index (χ4n) is 5.03. The maximum Gasteiger partial charge on any atom is -1.00 e. The average Bonchev–Trinajstić information content (AvgIpc) is 3.32. The van der Waals surface area contributed by atoms with Gasteiger partial charge in [-0.3, -0.25) is 0 Å². The summed E-state index contributed by atoms with van der Waals surface area (Å²) in [5.41, 5.74) is 10.7. The van der Waals surface area contributed by atoms with E-state index in [9.17, 15) is 0 Å². The van der Waals surface area contributed by atoms with Gasteiger partial charge < -0.3 is 24.8 Å². The van der Waals surface area contributed by atoms with Crippen LogP contribution in [0.4, 0.5) is 0 Å². The Hall–Kier alpha value is -1.49. The summed E-state index contributed by atoms with van der Waals surface area (Å²) in [5, 5.41) is 3.03. The molecule has 2 atom stereocenters. The van der Waals surface area contributed by atoms with E-state index >= 15 is 0 Å². The number of hydrogen-bond acceptors (Lipinski definition) is 0. The first-order valence-electron chi connectivity index (χ1n) is 10.9. The molecule has 0 nitrogen and oxygen atoms in total. The van der Waals surface area contributed by atoms with Crippen molar-refractivity contribution in [1.29, 1.82) is 0 Å². The molecule has 4 heteroatoms. The van der Waals surface area contributed by atoms with E-state index in [1.54, 1.807) is 25.3 Å². The van der Waals surface area contributed by atoms with Gasteiger partial charge in [0.2, 0.25) is 0 Å². The number of halogens is 2. The van der Waals surface area contributed by atoms with Crippen LogP contribution in [0.15, 0.2) is 103 Å². The number of benzene rings is 4. The summed E-state index contributed by atoms with van der Waals surface area (Å²) in [6.07, 6.45) is 1.11. The van der Waals surface area contributed by atoms with Crippen molar-refractivity contribution in [2.24, 2.45) is 0 Å². The zero-order chi connectivity index (χ0) is 20.8. The van der Waals surface area contributed by atoms with Crippen molar-refractivity contribution in [1.82, 2.24) is 0 Å². The Balaban J connectivity index is 0.00000130. The van der Waals surface area contributed by atoms with Gasteiger partial charge in [0.1, 0.15) is 0 Å². The molecule has 0 N–H and O–H groups in total. The Morgan fingerprint density at radius 1 is 0.697 bits per heavy atom. The maximum absolute atomic E-state index is 2.43. The SMILES string of the molecule is CC1=C(Pc2ccccc2)c2ccccc2[CH]1[Zr+2][c]1cccc2c1Cc1ccccc1-2.[Cl-].[Cl-]. The van der Waals surface area contributed by atoms with E-state index in [2.05, 4.69) is 104 Å². The van der Waals surface area contributed by atoms with E-state index in [-0.39, 0.29) is 24.8 Å². The smallest absolute Gasteiger partial charge is 1.00 e. The fraction of sp³-hybridized carbons (Fsp3) is 0.103. The molecule has 0 aliphatic heterocycles. The maximum atomic E-state index is 2.43. The minimum absolute atomic E-state index is 0. The second-order valence-electron chi connectivity index (χ2n) is 8.38. The molecule has 0 spiro atoms. The van der Waals surface area contributed by atoms with Crippen LogP contribution in [0.3, 0.4) is 0 Å². The van der Waals surface area contributed by atoms with Crippen molar-refractivity contribution in [3.63, 3.8) is 0 Å². The molecule has 0 aromatic heterocycles. The van der Waals surface area contributed by atoms with Gasteiger partial charge in [0.15, 0.2) is 0 Å². The second kappa shape index (κ2) is 10.4. The summed E-state index contributed by atoms with van der Waals surface area (Å²) >= 11 is -0.858. The largest absolute Gasteiger partial charge is 1.00 e. The predicted molar refractivity (Wildman–Crippen MR) is 130 cm³/mol. The van der Waals surface area contributed by atoms with Gasteiger partial charge in [-0.2, -0.15) is 0 Å². The first-order valence-corrected chi connectivity index (χ1v) is 14.5. The molecular weight excluding hydrogens is 541 g/mol. The zero-order valence-electron chi connectivity index (χ0n) is 18.3. The molecule has 2 aliphatic rings. The minimum atomic E-state index is -0.858. The van der Waals surface area contributed by atoms with Crippen LogP contribution in [0.1, 0.15) is 32.8 Å². The Bertz CT molecular complexity index is 1330. The molecule has 2 aliphatic carbocycles. The van der Waals surface area contributed by atoms with Crippen molar-refractivity contribution >= 4 is 22.5 Å². The summed E-state index contributed by atoms with van der Waals surface area (Å²) in [7, 11) is 0.740. The molecule has 162 valence electrons. The molecule has 2 unspecified atom stereocenters. The van der Waals surface area contributed by atoms with Crippen LogP contribution in [-0.2, 0) is 29.7 Å². The van der Waals surface area contributed by atoms with E-state index in [0.29, 0.717) is 3.63 Å². The Morgan fingerprint density at radius 2 is 1.36 bits per heavy atom. The second-order valence-corrected chi connectivity index (χ2v) is 13.2. The summed E-state index contributed by atoms with van der Waals surface area (Å²) in [6, 6.07) is 36.2. The summed E-state index contributed by atoms with van der Waals surface area (Å²) < 4.78 is 2.32. The molecular formula is C29H23Cl2PZr. The average molecular weight is 565 g/mol. The molecule has 0 bridgehead atoms. The van der Waals surface area contributed by atoms with Crippen LogP contribution in [0, 0.1) is 0 Å². The van der Waals surface area contributed by atoms with Gasteiger partial charge in [-0.25, -0.2) is 0 Å². The third kappa shape index (κ3) is 4.47. The van der Waals surface area contributed by atoms with Crippen LogP contribution in [0.25, 0.3) is 16.4 Å². The summed E-state index contributed by atoms with van der Waals surface area (Å²) in [4.78, 5) is 0. The summed E-state index contributed by atoms with van der Waals surface area (Å²) in [6.45, 7) is 2.41. The molecule has 6 rings (SSSR count). The number of allylic oxidation sites excluding steroid dienone is 1. The summed E-state index contributed by atoms with van der Waals surface area (Å²) in [5.74, 6) is 0. The van der Waals surface area contributed by atoms with Gasteiger partial charge in [0.05, 0.1) is 0 Å². The van der Waals surface area contributed by atoms with E-state index in [0.717, 1.165) is 15.0 Å². The van der Waals surface area contributed by atoms with E-state index in [4.69, 9.17) is 0 Å². The quantitative estimate of drug-likeness (QED) is 0.279. The van der Waals surface area contributed by atoms with Crippen LogP contribution in [0.2, 0.25) is 0 Å². The molecule has 0 saturated heterocycles. The van der Waals surface area contributed by atoms with E-state index in [1.165, 1.54) is 27.6 Å². The molecule has 0 radical (unpaired) electrons. The Morgan fingerprint density at radius 3 is 2.18 bits per heavy atom. The van der Waals surface area contributed by atoms with Crippen molar-refractivity contribution in [2.75, 3.05) is 0 Å². The number of fused-ring (bicyclic) bond motifs is 4. The Kier molecular flexibility index (Phi) is 7.77. The van der Waals surface area contributed by atoms with E-state index in [1.807, 2.05) is 0 Å². The molecule has 0 heterocycles. The van der Waals surface area contributed by atoms with E-state index < -0.39 is 23.2 Å². The van der Waals surface area contributed by atoms with Crippen molar-refractivity contribution in [3.8, 4) is 11.1 Å². The Labute approximate surface area is 222 Å². The van der Waals surface area contributed by atoms with Crippen molar-refractivity contribution in [3.05, 3.63) is 125 Å². The number of hydrogen-bond donors (Lipinski definition) is 0. The van der Waals surface area contributed by atoms with Crippen molar-refractivity contribution < 1.29 is 48.0 Å². The molecule has 4 aromatic carbocycles. The van der Waals surface area contributed by atoms with Gasteiger partial charge in [-0.15, -0.1) is 0 Å². The van der Waals surface area contributed by atoms with Crippen LogP contribution in [-0.4, -0.2) is 0 Å². The molecule has 33 heavy (non-hydrogen) atoms. The predicted octanol–water partition coefficient (Wildman–Crippen LogP) is 0.464. The molecule has 0 fully saturated rings. The van der Waals surface area contributed by atoms with Gasteiger partial charge >= 0.3 is 199 Å². The first kappa shape index (κ1) is 24.6. The zero-order valence-corrected chi connectivity index (χ0v) is 23.2. The van der Waals surface area contributed by atoms with Crippen molar-refractivity contribution in [2.45, 2.75) is 17.0 Å². The molecule has 0 saturated carbocycles. The molecule has 0 amide bonds. The van der Waals surface area contributed by atoms with Crippen LogP contribution in [0.5, 0.6) is 0 Å². The third-order valence-corrected chi connectivity index (χ3v) is 12.6. The molecule has 4 aromatic rings. The number of rotatable bonds is 4. The fourth-order valence-corrected chi connectivity index (χ4v) is 10.8. The van der Waals surface area contributed by atoms with Gasteiger partial charge in [-0.1, -0.05) is 0 Å². The van der Waals surface area contributed by atoms with Gasteiger partial charge in [0.25, 0.3) is 0 Å². The topological polar surface area (TPSA) is 0 Å². The van der Waals surface area contributed by atoms with Gasteiger partial charge in [0, 0.05) is 0 Å². The third-order valence-electron chi connectivity index (χ3n) is 6.56. The van der Waals surface area contributed by atoms with Crippen LogP contribution < -0.4 is 33.4 Å². The van der Waals surface area contributed by atoms with Crippen LogP contribution >= 0.6 is 8.58 Å². The van der Waals surface area contributed by atoms with Gasteiger partial charge in [-0.05, 0) is 0 Å².